The Morgan fingerprint density at radius 2 is 1.88 bits per heavy atom. The predicted molar refractivity (Wildman–Crippen MR) is 98.3 cm³/mol. The Bertz CT molecular complexity index is 1190. The zero-order chi connectivity index (χ0) is 18.3. The summed E-state index contributed by atoms with van der Waals surface area (Å²) in [5, 5.41) is 4.57. The lowest BCUT2D eigenvalue weighted by Gasteiger charge is -2.18. The molecule has 0 bridgehead atoms. The van der Waals surface area contributed by atoms with E-state index in [1.807, 2.05) is 6.92 Å². The first-order valence-corrected chi connectivity index (χ1v) is 8.16. The number of fused-ring (bicyclic) bond motifs is 3. The maximum absolute atomic E-state index is 14.1. The molecule has 0 amide bonds. The molecule has 4 rings (SSSR count). The standard InChI is InChI=1S/C20H15F2N3O/c1-11(13-4-2-3-5-16(13)22)24-19-14-7-6-12(21)10-15(14)18-17(25-19)8-9-23-20(18)26/h2-11H,1H3,(H,23,26)(H,24,25). The minimum absolute atomic E-state index is 0.319. The van der Waals surface area contributed by atoms with Crippen LogP contribution in [0.5, 0.6) is 0 Å². The number of rotatable bonds is 3. The first kappa shape index (κ1) is 16.2. The van der Waals surface area contributed by atoms with Gasteiger partial charge in [0.15, 0.2) is 0 Å². The number of pyridine rings is 2. The summed E-state index contributed by atoms with van der Waals surface area (Å²) in [6.45, 7) is 1.82. The lowest BCUT2D eigenvalue weighted by Crippen LogP contribution is -2.12. The summed E-state index contributed by atoms with van der Waals surface area (Å²) < 4.78 is 27.9. The Kier molecular flexibility index (Phi) is 3.88. The third-order valence-electron chi connectivity index (χ3n) is 4.40. The summed E-state index contributed by atoms with van der Waals surface area (Å²) >= 11 is 0. The van der Waals surface area contributed by atoms with E-state index >= 15 is 0 Å². The molecule has 0 spiro atoms. The van der Waals surface area contributed by atoms with Crippen molar-refractivity contribution in [2.45, 2.75) is 13.0 Å². The molecule has 1 atom stereocenters. The first-order chi connectivity index (χ1) is 12.5. The van der Waals surface area contributed by atoms with Gasteiger partial charge in [-0.1, -0.05) is 18.2 Å². The van der Waals surface area contributed by atoms with Gasteiger partial charge in [0, 0.05) is 22.5 Å². The molecule has 1 unspecified atom stereocenters. The van der Waals surface area contributed by atoms with Gasteiger partial charge in [0.05, 0.1) is 16.9 Å². The highest BCUT2D eigenvalue weighted by Gasteiger charge is 2.16. The number of H-pyrrole nitrogens is 1. The first-order valence-electron chi connectivity index (χ1n) is 8.16. The number of nitrogens with one attached hydrogen (secondary N) is 2. The second kappa shape index (κ2) is 6.22. The third-order valence-corrected chi connectivity index (χ3v) is 4.40. The van der Waals surface area contributed by atoms with Crippen LogP contribution in [0.2, 0.25) is 0 Å². The van der Waals surface area contributed by atoms with Gasteiger partial charge in [0.1, 0.15) is 17.5 Å². The summed E-state index contributed by atoms with van der Waals surface area (Å²) in [4.78, 5) is 19.3. The molecule has 4 aromatic rings. The Balaban J connectivity index is 1.92. The highest BCUT2D eigenvalue weighted by atomic mass is 19.1. The minimum Gasteiger partial charge on any atom is -0.363 e. The van der Waals surface area contributed by atoms with Gasteiger partial charge < -0.3 is 10.3 Å². The van der Waals surface area contributed by atoms with Crippen LogP contribution in [-0.4, -0.2) is 9.97 Å². The fraction of sp³-hybridized carbons (Fsp3) is 0.100. The molecule has 4 nitrogen and oxygen atoms in total. The number of hydrogen-bond donors (Lipinski definition) is 2. The predicted octanol–water partition coefficient (Wildman–Crippen LogP) is 4.53. The van der Waals surface area contributed by atoms with Gasteiger partial charge >= 0.3 is 0 Å². The van der Waals surface area contributed by atoms with Crippen LogP contribution >= 0.6 is 0 Å². The molecular formula is C20H15F2N3O. The van der Waals surface area contributed by atoms with E-state index < -0.39 is 5.82 Å². The quantitative estimate of drug-likeness (QED) is 0.533. The van der Waals surface area contributed by atoms with Gasteiger partial charge in [-0.2, -0.15) is 0 Å². The number of benzene rings is 2. The summed E-state index contributed by atoms with van der Waals surface area (Å²) in [5.74, 6) is -0.296. The highest BCUT2D eigenvalue weighted by Crippen LogP contribution is 2.30. The van der Waals surface area contributed by atoms with E-state index in [4.69, 9.17) is 0 Å². The van der Waals surface area contributed by atoms with Crippen molar-refractivity contribution in [3.8, 4) is 0 Å². The van der Waals surface area contributed by atoms with E-state index in [1.165, 1.54) is 24.4 Å². The molecule has 2 heterocycles. The van der Waals surface area contributed by atoms with Crippen LogP contribution in [-0.2, 0) is 0 Å². The molecule has 0 aliphatic rings. The van der Waals surface area contributed by atoms with E-state index in [0.717, 1.165) is 0 Å². The largest absolute Gasteiger partial charge is 0.363 e. The minimum atomic E-state index is -0.443. The van der Waals surface area contributed by atoms with E-state index in [1.54, 1.807) is 30.3 Å². The maximum Gasteiger partial charge on any atom is 0.258 e. The molecule has 26 heavy (non-hydrogen) atoms. The molecule has 0 radical (unpaired) electrons. The normalized spacial score (nSPS) is 12.4. The van der Waals surface area contributed by atoms with Gasteiger partial charge in [-0.05, 0) is 37.3 Å². The second-order valence-electron chi connectivity index (χ2n) is 6.10. The van der Waals surface area contributed by atoms with Gasteiger partial charge in [0.2, 0.25) is 0 Å². The summed E-state index contributed by atoms with van der Waals surface area (Å²) in [5.41, 5.74) is 0.602. The SMILES string of the molecule is CC(Nc1nc2cc[nH]c(=O)c2c2cc(F)ccc12)c1ccccc1F. The lowest BCUT2D eigenvalue weighted by atomic mass is 10.1. The van der Waals surface area contributed by atoms with Crippen molar-refractivity contribution in [1.82, 2.24) is 9.97 Å². The summed E-state index contributed by atoms with van der Waals surface area (Å²) in [6.07, 6.45) is 1.49. The number of aromatic nitrogens is 2. The van der Waals surface area contributed by atoms with Crippen LogP contribution < -0.4 is 10.9 Å². The van der Waals surface area contributed by atoms with E-state index in [0.29, 0.717) is 33.1 Å². The van der Waals surface area contributed by atoms with Crippen LogP contribution in [0.25, 0.3) is 21.7 Å². The fourth-order valence-corrected chi connectivity index (χ4v) is 3.15. The molecule has 2 N–H and O–H groups in total. The molecule has 0 aliphatic carbocycles. The zero-order valence-electron chi connectivity index (χ0n) is 13.9. The van der Waals surface area contributed by atoms with Crippen molar-refractivity contribution in [1.29, 1.82) is 0 Å². The zero-order valence-corrected chi connectivity index (χ0v) is 13.9. The monoisotopic (exact) mass is 351 g/mol. The number of aromatic amines is 1. The van der Waals surface area contributed by atoms with Crippen molar-refractivity contribution < 1.29 is 8.78 Å². The molecule has 130 valence electrons. The van der Waals surface area contributed by atoms with E-state index in [9.17, 15) is 13.6 Å². The van der Waals surface area contributed by atoms with Gasteiger partial charge in [-0.15, -0.1) is 0 Å². The molecule has 0 saturated heterocycles. The van der Waals surface area contributed by atoms with Crippen LogP contribution in [0, 0.1) is 11.6 Å². The van der Waals surface area contributed by atoms with Gasteiger partial charge in [0.25, 0.3) is 5.56 Å². The van der Waals surface area contributed by atoms with Crippen LogP contribution in [0.1, 0.15) is 18.5 Å². The molecule has 2 aromatic carbocycles. The topological polar surface area (TPSA) is 57.8 Å². The summed E-state index contributed by atoms with van der Waals surface area (Å²) in [6, 6.07) is 12.0. The Morgan fingerprint density at radius 3 is 2.69 bits per heavy atom. The number of nitrogens with zero attached hydrogens (tertiary/aromatic N) is 1. The van der Waals surface area contributed by atoms with Crippen molar-refractivity contribution >= 4 is 27.5 Å². The maximum atomic E-state index is 14.1. The molecule has 0 saturated carbocycles. The molecular weight excluding hydrogens is 336 g/mol. The molecule has 0 aliphatic heterocycles. The van der Waals surface area contributed by atoms with Crippen molar-refractivity contribution in [2.24, 2.45) is 0 Å². The fourth-order valence-electron chi connectivity index (χ4n) is 3.15. The Labute approximate surface area is 147 Å². The highest BCUT2D eigenvalue weighted by molar-refractivity contribution is 6.09. The molecule has 2 aromatic heterocycles. The Morgan fingerprint density at radius 1 is 1.08 bits per heavy atom. The molecule has 6 heteroatoms. The average molecular weight is 351 g/mol. The van der Waals surface area contributed by atoms with E-state index in [2.05, 4.69) is 15.3 Å². The average Bonchev–Trinajstić information content (AvgIpc) is 2.61. The van der Waals surface area contributed by atoms with E-state index in [-0.39, 0.29) is 17.4 Å². The van der Waals surface area contributed by atoms with Crippen molar-refractivity contribution in [2.75, 3.05) is 5.32 Å². The van der Waals surface area contributed by atoms with Crippen LogP contribution in [0.3, 0.4) is 0 Å². The van der Waals surface area contributed by atoms with Gasteiger partial charge in [-0.3, -0.25) is 4.79 Å². The van der Waals surface area contributed by atoms with Crippen molar-refractivity contribution in [3.05, 3.63) is 82.3 Å². The Hall–Kier alpha value is -3.28. The number of halogens is 2. The second-order valence-corrected chi connectivity index (χ2v) is 6.10. The number of hydrogen-bond acceptors (Lipinski definition) is 3. The third kappa shape index (κ3) is 2.69. The molecule has 0 fully saturated rings. The smallest absolute Gasteiger partial charge is 0.258 e. The lowest BCUT2D eigenvalue weighted by molar-refractivity contribution is 0.600. The van der Waals surface area contributed by atoms with Gasteiger partial charge in [-0.25, -0.2) is 13.8 Å². The number of anilines is 1. The van der Waals surface area contributed by atoms with Crippen LogP contribution in [0.4, 0.5) is 14.6 Å². The van der Waals surface area contributed by atoms with Crippen LogP contribution in [0.15, 0.2) is 59.5 Å². The summed E-state index contributed by atoms with van der Waals surface area (Å²) in [7, 11) is 0. The van der Waals surface area contributed by atoms with Crippen molar-refractivity contribution in [3.63, 3.8) is 0 Å².